The minimum absolute atomic E-state index is 0.694. The van der Waals surface area contributed by atoms with E-state index in [0.717, 1.165) is 10.8 Å². The summed E-state index contributed by atoms with van der Waals surface area (Å²) in [6, 6.07) is 0. The highest BCUT2D eigenvalue weighted by atomic mass is 14.4. The molecule has 0 aliphatic heterocycles. The summed E-state index contributed by atoms with van der Waals surface area (Å²) in [5.41, 5.74) is 2.17. The van der Waals surface area contributed by atoms with Gasteiger partial charge in [-0.3, -0.25) is 0 Å². The second kappa shape index (κ2) is 5.97. The monoisotopic (exact) mass is 252 g/mol. The van der Waals surface area contributed by atoms with Crippen LogP contribution in [0.4, 0.5) is 0 Å². The van der Waals surface area contributed by atoms with E-state index in [9.17, 15) is 0 Å². The molecule has 108 valence electrons. The summed E-state index contributed by atoms with van der Waals surface area (Å²) in [5, 5.41) is 0. The fraction of sp³-hybridized carbons (Fsp3) is 1.00. The van der Waals surface area contributed by atoms with Crippen molar-refractivity contribution in [1.29, 1.82) is 0 Å². The van der Waals surface area contributed by atoms with E-state index < -0.39 is 0 Å². The van der Waals surface area contributed by atoms with Gasteiger partial charge >= 0.3 is 0 Å². The summed E-state index contributed by atoms with van der Waals surface area (Å²) in [6.45, 7) is 14.0. The molecule has 3 saturated carbocycles. The molecule has 3 fully saturated rings. The summed E-state index contributed by atoms with van der Waals surface area (Å²) in [4.78, 5) is 0. The van der Waals surface area contributed by atoms with Gasteiger partial charge in [0.05, 0.1) is 0 Å². The first-order valence-electron chi connectivity index (χ1n) is 8.12. The standard InChI is InChI=1S/C7H14.C6H12.C5H10/c1-7(2)5-3-4-6-7;1-6(2)4-3-5-6;1-5(2)3-4-5/h3-6H2,1-2H3;3-5H2,1-2H3;3-4H2,1-2H3. The predicted octanol–water partition coefficient (Wildman–Crippen LogP) is 6.59. The Labute approximate surface area is 116 Å². The Bertz CT molecular complexity index is 225. The van der Waals surface area contributed by atoms with Gasteiger partial charge in [-0.1, -0.05) is 60.8 Å². The maximum absolute atomic E-state index is 2.36. The highest BCUT2D eigenvalue weighted by molar-refractivity contribution is 4.82. The van der Waals surface area contributed by atoms with Crippen LogP contribution in [0.25, 0.3) is 0 Å². The van der Waals surface area contributed by atoms with Crippen LogP contribution in [0.15, 0.2) is 0 Å². The Kier molecular flexibility index (Phi) is 5.32. The normalized spacial score (nSPS) is 29.0. The highest BCUT2D eigenvalue weighted by Crippen LogP contribution is 2.43. The average molecular weight is 252 g/mol. The maximum Gasteiger partial charge on any atom is -0.0354 e. The van der Waals surface area contributed by atoms with Crippen molar-refractivity contribution in [1.82, 2.24) is 0 Å². The highest BCUT2D eigenvalue weighted by Gasteiger charge is 2.30. The molecule has 0 nitrogen and oxygen atoms in total. The molecule has 18 heavy (non-hydrogen) atoms. The minimum atomic E-state index is 0.694. The zero-order chi connectivity index (χ0) is 13.9. The first-order chi connectivity index (χ1) is 8.12. The van der Waals surface area contributed by atoms with E-state index in [-0.39, 0.29) is 0 Å². The third-order valence-corrected chi connectivity index (χ3v) is 4.91. The number of hydrogen-bond donors (Lipinski definition) is 0. The molecule has 0 radical (unpaired) electrons. The lowest BCUT2D eigenvalue weighted by molar-refractivity contribution is 0.190. The molecule has 0 heteroatoms. The maximum atomic E-state index is 2.36. The van der Waals surface area contributed by atoms with Crippen LogP contribution in [-0.4, -0.2) is 0 Å². The minimum Gasteiger partial charge on any atom is -0.0599 e. The van der Waals surface area contributed by atoms with Gasteiger partial charge in [-0.15, -0.1) is 0 Å². The molecular formula is C18H36. The van der Waals surface area contributed by atoms with Crippen molar-refractivity contribution in [2.24, 2.45) is 16.2 Å². The first kappa shape index (κ1) is 16.1. The van der Waals surface area contributed by atoms with E-state index in [1.165, 1.54) is 57.8 Å². The molecule has 0 atom stereocenters. The van der Waals surface area contributed by atoms with Crippen LogP contribution < -0.4 is 0 Å². The van der Waals surface area contributed by atoms with Crippen LogP contribution in [-0.2, 0) is 0 Å². The van der Waals surface area contributed by atoms with Crippen LogP contribution in [0.2, 0.25) is 0 Å². The molecule has 0 heterocycles. The van der Waals surface area contributed by atoms with Gasteiger partial charge in [0.15, 0.2) is 0 Å². The molecule has 3 aliphatic carbocycles. The molecule has 0 saturated heterocycles. The Morgan fingerprint density at radius 3 is 0.667 bits per heavy atom. The summed E-state index contributed by atoms with van der Waals surface area (Å²) in [7, 11) is 0. The van der Waals surface area contributed by atoms with Gasteiger partial charge < -0.3 is 0 Å². The second-order valence-electron chi connectivity index (χ2n) is 9.05. The first-order valence-corrected chi connectivity index (χ1v) is 8.12. The summed E-state index contributed by atoms with van der Waals surface area (Å²) in [5.74, 6) is 0. The van der Waals surface area contributed by atoms with E-state index in [4.69, 9.17) is 0 Å². The van der Waals surface area contributed by atoms with Crippen LogP contribution in [0, 0.1) is 16.2 Å². The molecule has 0 aromatic rings. The predicted molar refractivity (Wildman–Crippen MR) is 82.9 cm³/mol. The van der Waals surface area contributed by atoms with Gasteiger partial charge in [0.25, 0.3) is 0 Å². The van der Waals surface area contributed by atoms with E-state index in [1.807, 2.05) is 0 Å². The van der Waals surface area contributed by atoms with Crippen molar-refractivity contribution in [2.75, 3.05) is 0 Å². The third-order valence-electron chi connectivity index (χ3n) is 4.91. The van der Waals surface area contributed by atoms with E-state index in [1.54, 1.807) is 0 Å². The summed E-state index contributed by atoms with van der Waals surface area (Å²) in [6.07, 6.45) is 13.1. The van der Waals surface area contributed by atoms with Crippen molar-refractivity contribution in [3.8, 4) is 0 Å². The molecular weight excluding hydrogens is 216 g/mol. The lowest BCUT2D eigenvalue weighted by atomic mass is 9.72. The molecule has 0 unspecified atom stereocenters. The zero-order valence-electron chi connectivity index (χ0n) is 13.9. The Morgan fingerprint density at radius 2 is 0.611 bits per heavy atom. The van der Waals surface area contributed by atoms with Crippen LogP contribution in [0.1, 0.15) is 99.3 Å². The molecule has 0 aromatic carbocycles. The lowest BCUT2D eigenvalue weighted by Crippen LogP contribution is -2.20. The van der Waals surface area contributed by atoms with Crippen molar-refractivity contribution < 1.29 is 0 Å². The molecule has 3 aliphatic rings. The largest absolute Gasteiger partial charge is 0.0599 e. The number of hydrogen-bond acceptors (Lipinski definition) is 0. The molecule has 0 amide bonds. The van der Waals surface area contributed by atoms with E-state index >= 15 is 0 Å². The van der Waals surface area contributed by atoms with Crippen molar-refractivity contribution in [3.63, 3.8) is 0 Å². The smallest absolute Gasteiger partial charge is 0.0354 e. The summed E-state index contributed by atoms with van der Waals surface area (Å²) >= 11 is 0. The van der Waals surface area contributed by atoms with Crippen LogP contribution in [0.5, 0.6) is 0 Å². The van der Waals surface area contributed by atoms with Gasteiger partial charge in [0.1, 0.15) is 0 Å². The molecule has 0 spiro atoms. The quantitative estimate of drug-likeness (QED) is 0.456. The van der Waals surface area contributed by atoms with Gasteiger partial charge in [-0.05, 0) is 54.8 Å². The average Bonchev–Trinajstić information content (AvgIpc) is 2.72. The third kappa shape index (κ3) is 7.44. The van der Waals surface area contributed by atoms with E-state index in [0.29, 0.717) is 5.41 Å². The fourth-order valence-corrected chi connectivity index (χ4v) is 2.47. The molecule has 0 aromatic heterocycles. The number of rotatable bonds is 0. The van der Waals surface area contributed by atoms with Gasteiger partial charge in [0.2, 0.25) is 0 Å². The van der Waals surface area contributed by atoms with Crippen LogP contribution >= 0.6 is 0 Å². The van der Waals surface area contributed by atoms with Crippen molar-refractivity contribution >= 4 is 0 Å². The van der Waals surface area contributed by atoms with Crippen molar-refractivity contribution in [2.45, 2.75) is 99.3 Å². The molecule has 0 bridgehead atoms. The van der Waals surface area contributed by atoms with Gasteiger partial charge in [-0.2, -0.15) is 0 Å². The van der Waals surface area contributed by atoms with Crippen LogP contribution in [0.3, 0.4) is 0 Å². The van der Waals surface area contributed by atoms with E-state index in [2.05, 4.69) is 41.5 Å². The summed E-state index contributed by atoms with van der Waals surface area (Å²) < 4.78 is 0. The topological polar surface area (TPSA) is 0 Å². The Balaban J connectivity index is 0.000000137. The molecule has 3 rings (SSSR count). The fourth-order valence-electron chi connectivity index (χ4n) is 2.47. The van der Waals surface area contributed by atoms with Gasteiger partial charge in [-0.25, -0.2) is 0 Å². The second-order valence-corrected chi connectivity index (χ2v) is 9.05. The SMILES string of the molecule is CC1(C)CC1.CC1(C)CCC1.CC1(C)CCCC1. The van der Waals surface area contributed by atoms with Gasteiger partial charge in [0, 0.05) is 0 Å². The van der Waals surface area contributed by atoms with Crippen molar-refractivity contribution in [3.05, 3.63) is 0 Å². The Morgan fingerprint density at radius 1 is 0.389 bits per heavy atom. The molecule has 0 N–H and O–H groups in total. The zero-order valence-corrected chi connectivity index (χ0v) is 13.9. The Hall–Kier alpha value is 0. The lowest BCUT2D eigenvalue weighted by Gasteiger charge is -2.33.